The molecular weight excluding hydrogens is 204 g/mol. The zero-order valence-corrected chi connectivity index (χ0v) is 10.6. The molecule has 1 heterocycles. The summed E-state index contributed by atoms with van der Waals surface area (Å²) >= 11 is 0. The summed E-state index contributed by atoms with van der Waals surface area (Å²) < 4.78 is 5.01. The zero-order valence-electron chi connectivity index (χ0n) is 10.6. The third kappa shape index (κ3) is 5.82. The van der Waals surface area contributed by atoms with Gasteiger partial charge in [-0.3, -0.25) is 0 Å². The van der Waals surface area contributed by atoms with E-state index in [4.69, 9.17) is 4.52 Å². The fraction of sp³-hybridized carbons (Fsp3) is 0.818. The zero-order chi connectivity index (χ0) is 12.0. The Morgan fingerprint density at radius 3 is 2.50 bits per heavy atom. The van der Waals surface area contributed by atoms with E-state index in [1.54, 1.807) is 0 Å². The van der Waals surface area contributed by atoms with Gasteiger partial charge in [-0.05, 0) is 27.7 Å². The van der Waals surface area contributed by atoms with Crippen LogP contribution in [-0.2, 0) is 6.42 Å². The highest BCUT2D eigenvalue weighted by Crippen LogP contribution is 1.97. The van der Waals surface area contributed by atoms with Crippen molar-refractivity contribution in [3.8, 4) is 0 Å². The van der Waals surface area contributed by atoms with Crippen LogP contribution in [0.25, 0.3) is 0 Å². The van der Waals surface area contributed by atoms with Crippen LogP contribution >= 0.6 is 0 Å². The summed E-state index contributed by atoms with van der Waals surface area (Å²) in [4.78, 5) is 4.13. The van der Waals surface area contributed by atoms with E-state index in [1.807, 2.05) is 6.92 Å². The minimum absolute atomic E-state index is 0.186. The molecule has 1 aromatic heterocycles. The summed E-state index contributed by atoms with van der Waals surface area (Å²) in [7, 11) is 0. The van der Waals surface area contributed by atoms with E-state index in [0.717, 1.165) is 26.1 Å². The van der Waals surface area contributed by atoms with Crippen molar-refractivity contribution >= 4 is 0 Å². The Hall–Kier alpha value is -0.940. The SMILES string of the molecule is Cc1noc(CCNCCNC(C)(C)C)n1. The summed E-state index contributed by atoms with van der Waals surface area (Å²) in [5, 5.41) is 10.5. The number of hydrogen-bond acceptors (Lipinski definition) is 5. The van der Waals surface area contributed by atoms with Gasteiger partial charge in [0, 0.05) is 31.6 Å². The fourth-order valence-corrected chi connectivity index (χ4v) is 1.29. The lowest BCUT2D eigenvalue weighted by Crippen LogP contribution is -2.40. The first kappa shape index (κ1) is 13.1. The minimum atomic E-state index is 0.186. The van der Waals surface area contributed by atoms with E-state index >= 15 is 0 Å². The Bertz CT molecular complexity index is 303. The average Bonchev–Trinajstić information content (AvgIpc) is 2.56. The number of aryl methyl sites for hydroxylation is 1. The normalized spacial score (nSPS) is 12.0. The quantitative estimate of drug-likeness (QED) is 0.706. The lowest BCUT2D eigenvalue weighted by molar-refractivity contribution is 0.370. The Morgan fingerprint density at radius 2 is 1.94 bits per heavy atom. The second-order valence-electron chi connectivity index (χ2n) is 4.91. The predicted octanol–water partition coefficient (Wildman–Crippen LogP) is 0.898. The Morgan fingerprint density at radius 1 is 1.19 bits per heavy atom. The van der Waals surface area contributed by atoms with Gasteiger partial charge in [0.25, 0.3) is 0 Å². The van der Waals surface area contributed by atoms with Gasteiger partial charge in [-0.15, -0.1) is 0 Å². The smallest absolute Gasteiger partial charge is 0.227 e. The van der Waals surface area contributed by atoms with Crippen LogP contribution in [0.3, 0.4) is 0 Å². The van der Waals surface area contributed by atoms with Crippen LogP contribution in [0.15, 0.2) is 4.52 Å². The van der Waals surface area contributed by atoms with E-state index < -0.39 is 0 Å². The molecule has 0 spiro atoms. The van der Waals surface area contributed by atoms with Crippen molar-refractivity contribution in [2.24, 2.45) is 0 Å². The number of hydrogen-bond donors (Lipinski definition) is 2. The fourth-order valence-electron chi connectivity index (χ4n) is 1.29. The van der Waals surface area contributed by atoms with E-state index in [2.05, 4.69) is 41.5 Å². The molecule has 5 nitrogen and oxygen atoms in total. The van der Waals surface area contributed by atoms with Gasteiger partial charge in [-0.1, -0.05) is 5.16 Å². The van der Waals surface area contributed by atoms with E-state index in [1.165, 1.54) is 0 Å². The number of rotatable bonds is 6. The molecule has 0 saturated heterocycles. The Labute approximate surface area is 97.0 Å². The molecule has 0 aliphatic heterocycles. The van der Waals surface area contributed by atoms with Crippen molar-refractivity contribution in [2.75, 3.05) is 19.6 Å². The maximum Gasteiger partial charge on any atom is 0.227 e. The molecule has 1 aromatic rings. The van der Waals surface area contributed by atoms with Gasteiger partial charge < -0.3 is 15.2 Å². The molecule has 92 valence electrons. The van der Waals surface area contributed by atoms with Crippen LogP contribution in [0.5, 0.6) is 0 Å². The van der Waals surface area contributed by atoms with E-state index in [9.17, 15) is 0 Å². The molecule has 0 aliphatic carbocycles. The van der Waals surface area contributed by atoms with Crippen LogP contribution in [-0.4, -0.2) is 35.3 Å². The minimum Gasteiger partial charge on any atom is -0.339 e. The topological polar surface area (TPSA) is 63.0 Å². The predicted molar refractivity (Wildman–Crippen MR) is 63.4 cm³/mol. The first-order valence-corrected chi connectivity index (χ1v) is 5.72. The summed E-state index contributed by atoms with van der Waals surface area (Å²) in [6.07, 6.45) is 0.788. The standard InChI is InChI=1S/C11H22N4O/c1-9-14-10(16-15-9)5-6-12-7-8-13-11(2,3)4/h12-13H,5-8H2,1-4H3. The molecule has 0 fully saturated rings. The molecule has 5 heteroatoms. The molecule has 0 bridgehead atoms. The molecule has 1 rings (SSSR count). The van der Waals surface area contributed by atoms with Crippen LogP contribution in [0.4, 0.5) is 0 Å². The average molecular weight is 226 g/mol. The highest BCUT2D eigenvalue weighted by Gasteiger charge is 2.07. The van der Waals surface area contributed by atoms with Gasteiger partial charge in [-0.2, -0.15) is 4.98 Å². The molecular formula is C11H22N4O. The first-order valence-electron chi connectivity index (χ1n) is 5.72. The maximum atomic E-state index is 5.01. The van der Waals surface area contributed by atoms with Crippen LogP contribution in [0.2, 0.25) is 0 Å². The third-order valence-electron chi connectivity index (χ3n) is 2.04. The molecule has 0 aromatic carbocycles. The molecule has 0 saturated carbocycles. The van der Waals surface area contributed by atoms with Crippen molar-refractivity contribution in [1.82, 2.24) is 20.8 Å². The van der Waals surface area contributed by atoms with Gasteiger partial charge in [0.15, 0.2) is 5.82 Å². The van der Waals surface area contributed by atoms with Crippen molar-refractivity contribution in [3.63, 3.8) is 0 Å². The number of aromatic nitrogens is 2. The van der Waals surface area contributed by atoms with Crippen LogP contribution in [0, 0.1) is 6.92 Å². The van der Waals surface area contributed by atoms with Gasteiger partial charge in [0.05, 0.1) is 0 Å². The van der Waals surface area contributed by atoms with Gasteiger partial charge in [-0.25, -0.2) is 0 Å². The Kier molecular flexibility index (Phi) is 4.89. The highest BCUT2D eigenvalue weighted by molar-refractivity contribution is 4.83. The number of nitrogens with zero attached hydrogens (tertiary/aromatic N) is 2. The summed E-state index contributed by atoms with van der Waals surface area (Å²) in [6, 6.07) is 0. The molecule has 0 atom stereocenters. The lowest BCUT2D eigenvalue weighted by Gasteiger charge is -2.20. The van der Waals surface area contributed by atoms with Crippen molar-refractivity contribution in [3.05, 3.63) is 11.7 Å². The second-order valence-corrected chi connectivity index (χ2v) is 4.91. The largest absolute Gasteiger partial charge is 0.339 e. The molecule has 0 unspecified atom stereocenters. The third-order valence-corrected chi connectivity index (χ3v) is 2.04. The lowest BCUT2D eigenvalue weighted by atomic mass is 10.1. The molecule has 0 aliphatic rings. The van der Waals surface area contributed by atoms with Crippen LogP contribution < -0.4 is 10.6 Å². The van der Waals surface area contributed by atoms with Crippen molar-refractivity contribution in [2.45, 2.75) is 39.7 Å². The van der Waals surface area contributed by atoms with Crippen molar-refractivity contribution < 1.29 is 4.52 Å². The second kappa shape index (κ2) is 5.96. The summed E-state index contributed by atoms with van der Waals surface area (Å²) in [6.45, 7) is 11.1. The summed E-state index contributed by atoms with van der Waals surface area (Å²) in [5.41, 5.74) is 0.186. The van der Waals surface area contributed by atoms with Crippen molar-refractivity contribution in [1.29, 1.82) is 0 Å². The monoisotopic (exact) mass is 226 g/mol. The van der Waals surface area contributed by atoms with Gasteiger partial charge in [0.2, 0.25) is 5.89 Å². The molecule has 2 N–H and O–H groups in total. The number of nitrogens with one attached hydrogen (secondary N) is 2. The maximum absolute atomic E-state index is 5.01. The molecule has 0 amide bonds. The molecule has 16 heavy (non-hydrogen) atoms. The van der Waals surface area contributed by atoms with Gasteiger partial charge >= 0.3 is 0 Å². The highest BCUT2D eigenvalue weighted by atomic mass is 16.5. The van der Waals surface area contributed by atoms with Crippen LogP contribution in [0.1, 0.15) is 32.5 Å². The first-order chi connectivity index (χ1) is 7.47. The Balaban J connectivity index is 2.00. The molecule has 0 radical (unpaired) electrons. The van der Waals surface area contributed by atoms with E-state index in [-0.39, 0.29) is 5.54 Å². The summed E-state index contributed by atoms with van der Waals surface area (Å²) in [5.74, 6) is 1.40. The van der Waals surface area contributed by atoms with E-state index in [0.29, 0.717) is 11.7 Å². The van der Waals surface area contributed by atoms with Gasteiger partial charge in [0.1, 0.15) is 0 Å².